The molecule has 0 radical (unpaired) electrons. The number of nitrogens with one attached hydrogen (secondary N) is 3. The summed E-state index contributed by atoms with van der Waals surface area (Å²) < 4.78 is 0. The summed E-state index contributed by atoms with van der Waals surface area (Å²) in [6.07, 6.45) is 0. The SMILES string of the molecule is CCN(CC)c1ccc(Nc2nc(N/N=C(\N=Nc3ccc(N(C)C)cc3)c3cccs3)nc(Nc3ccc(N(CC)CC)cc3)n2)cc1. The molecule has 13 heteroatoms. The molecule has 0 spiro atoms. The molecule has 0 unspecified atom stereocenters. The van der Waals surface area contributed by atoms with Crippen LogP contribution in [0.1, 0.15) is 32.6 Å². The van der Waals surface area contributed by atoms with Gasteiger partial charge in [-0.2, -0.15) is 15.0 Å². The number of anilines is 8. The molecule has 0 amide bonds. The lowest BCUT2D eigenvalue weighted by atomic mass is 10.2. The molecule has 0 saturated heterocycles. The molecule has 0 saturated carbocycles. The van der Waals surface area contributed by atoms with Crippen molar-refractivity contribution >= 4 is 69.1 Å². The maximum absolute atomic E-state index is 4.68. The Balaban J connectivity index is 1.43. The van der Waals surface area contributed by atoms with Gasteiger partial charge in [0.1, 0.15) is 0 Å². The zero-order valence-corrected chi connectivity index (χ0v) is 29.7. The third-order valence-electron chi connectivity index (χ3n) is 7.77. The molecular formula is C36H44N12S. The maximum atomic E-state index is 4.68. The molecule has 5 aromatic rings. The lowest BCUT2D eigenvalue weighted by Gasteiger charge is -2.21. The van der Waals surface area contributed by atoms with Gasteiger partial charge in [-0.15, -0.1) is 26.7 Å². The zero-order chi connectivity index (χ0) is 34.6. The van der Waals surface area contributed by atoms with Gasteiger partial charge in [-0.1, -0.05) is 6.07 Å². The molecule has 0 atom stereocenters. The average molecular weight is 677 g/mol. The first-order valence-electron chi connectivity index (χ1n) is 16.5. The molecule has 3 N–H and O–H groups in total. The number of amidine groups is 1. The molecule has 0 aliphatic rings. The van der Waals surface area contributed by atoms with Crippen molar-refractivity contribution in [2.45, 2.75) is 27.7 Å². The van der Waals surface area contributed by atoms with Gasteiger partial charge < -0.3 is 25.3 Å². The van der Waals surface area contributed by atoms with Crippen LogP contribution in [0, 0.1) is 0 Å². The van der Waals surface area contributed by atoms with E-state index in [0.29, 0.717) is 23.4 Å². The monoisotopic (exact) mass is 676 g/mol. The Bertz CT molecular complexity index is 1720. The minimum absolute atomic E-state index is 0.235. The molecule has 49 heavy (non-hydrogen) atoms. The van der Waals surface area contributed by atoms with Crippen LogP contribution < -0.4 is 30.8 Å². The Labute approximate surface area is 292 Å². The van der Waals surface area contributed by atoms with Crippen LogP contribution in [0.4, 0.5) is 52.0 Å². The Morgan fingerprint density at radius 1 is 0.633 bits per heavy atom. The number of nitrogens with zero attached hydrogens (tertiary/aromatic N) is 9. The fourth-order valence-electron chi connectivity index (χ4n) is 5.04. The number of azo groups is 1. The van der Waals surface area contributed by atoms with Gasteiger partial charge in [0.2, 0.25) is 23.7 Å². The molecule has 5 rings (SSSR count). The summed E-state index contributed by atoms with van der Waals surface area (Å²) >= 11 is 1.51. The highest BCUT2D eigenvalue weighted by molar-refractivity contribution is 7.12. The third kappa shape index (κ3) is 9.51. The normalized spacial score (nSPS) is 11.4. The largest absolute Gasteiger partial charge is 0.378 e. The predicted octanol–water partition coefficient (Wildman–Crippen LogP) is 8.74. The quantitative estimate of drug-likeness (QED) is 0.0432. The first-order valence-corrected chi connectivity index (χ1v) is 17.3. The van der Waals surface area contributed by atoms with Crippen molar-refractivity contribution in [3.8, 4) is 0 Å². The first kappa shape index (κ1) is 34.8. The maximum Gasteiger partial charge on any atom is 0.250 e. The zero-order valence-electron chi connectivity index (χ0n) is 28.9. The molecule has 0 bridgehead atoms. The second kappa shape index (κ2) is 17.0. The molecule has 0 fully saturated rings. The average Bonchev–Trinajstić information content (AvgIpc) is 3.66. The van der Waals surface area contributed by atoms with E-state index >= 15 is 0 Å². The van der Waals surface area contributed by atoms with E-state index in [1.807, 2.05) is 85.0 Å². The van der Waals surface area contributed by atoms with Gasteiger partial charge in [0.25, 0.3) is 0 Å². The van der Waals surface area contributed by atoms with Gasteiger partial charge in [-0.25, -0.2) is 5.43 Å². The van der Waals surface area contributed by atoms with Gasteiger partial charge in [0, 0.05) is 68.7 Å². The minimum atomic E-state index is 0.235. The van der Waals surface area contributed by atoms with Gasteiger partial charge in [-0.3, -0.25) is 0 Å². The first-order chi connectivity index (χ1) is 23.9. The third-order valence-corrected chi connectivity index (χ3v) is 8.63. The van der Waals surface area contributed by atoms with E-state index in [-0.39, 0.29) is 5.95 Å². The Morgan fingerprint density at radius 2 is 1.12 bits per heavy atom. The van der Waals surface area contributed by atoms with Gasteiger partial charge in [-0.05, 0) is 112 Å². The number of hydrogen-bond donors (Lipinski definition) is 3. The summed E-state index contributed by atoms with van der Waals surface area (Å²) in [4.78, 5) is 21.4. The van der Waals surface area contributed by atoms with Crippen LogP contribution in [0.25, 0.3) is 0 Å². The van der Waals surface area contributed by atoms with E-state index in [1.54, 1.807) is 0 Å². The van der Waals surface area contributed by atoms with E-state index in [0.717, 1.165) is 59.5 Å². The summed E-state index contributed by atoms with van der Waals surface area (Å²) in [6.45, 7) is 12.3. The highest BCUT2D eigenvalue weighted by Crippen LogP contribution is 2.24. The number of hydrogen-bond acceptors (Lipinski definition) is 12. The molecule has 0 aliphatic heterocycles. The number of rotatable bonds is 15. The van der Waals surface area contributed by atoms with E-state index < -0.39 is 0 Å². The van der Waals surface area contributed by atoms with Crippen LogP contribution in [0.3, 0.4) is 0 Å². The highest BCUT2D eigenvalue weighted by atomic mass is 32.1. The van der Waals surface area contributed by atoms with Crippen molar-refractivity contribution in [2.75, 3.05) is 71.0 Å². The predicted molar refractivity (Wildman–Crippen MR) is 206 cm³/mol. The number of benzene rings is 3. The minimum Gasteiger partial charge on any atom is -0.378 e. The Morgan fingerprint density at radius 3 is 1.57 bits per heavy atom. The summed E-state index contributed by atoms with van der Waals surface area (Å²) in [5.41, 5.74) is 8.80. The van der Waals surface area contributed by atoms with Crippen LogP contribution in [0.2, 0.25) is 0 Å². The molecule has 254 valence electrons. The number of hydrazone groups is 1. The van der Waals surface area contributed by atoms with Crippen LogP contribution in [0.5, 0.6) is 0 Å². The smallest absolute Gasteiger partial charge is 0.250 e. The Hall–Kier alpha value is -5.56. The van der Waals surface area contributed by atoms with Crippen molar-refractivity contribution < 1.29 is 0 Å². The standard InChI is InChI=1S/C36H44N12S/c1-7-47(8-2)30-21-13-26(14-22-30)37-34-39-35(38-27-15-23-31(24-16-27)48(9-3)10-4)41-36(40-34)45-44-33(32-12-11-25-49-32)43-42-28-17-19-29(20-18-28)46(5)6/h11-25H,7-10H2,1-6H3,(H3,37,38,39,40,41,45)/b43-42?,44-33-. The molecule has 3 aromatic carbocycles. The Kier molecular flexibility index (Phi) is 12.1. The van der Waals surface area contributed by atoms with E-state index in [1.165, 1.54) is 11.3 Å². The summed E-state index contributed by atoms with van der Waals surface area (Å²) in [6, 6.07) is 28.1. The van der Waals surface area contributed by atoms with Crippen molar-refractivity contribution in [2.24, 2.45) is 15.3 Å². The van der Waals surface area contributed by atoms with Crippen molar-refractivity contribution in [1.82, 2.24) is 15.0 Å². The van der Waals surface area contributed by atoms with Crippen LogP contribution >= 0.6 is 11.3 Å². The summed E-state index contributed by atoms with van der Waals surface area (Å²) in [7, 11) is 4.00. The van der Waals surface area contributed by atoms with Crippen LogP contribution in [0.15, 0.2) is 106 Å². The van der Waals surface area contributed by atoms with Crippen molar-refractivity contribution in [3.05, 3.63) is 95.2 Å². The van der Waals surface area contributed by atoms with Gasteiger partial charge in [0.15, 0.2) is 0 Å². The van der Waals surface area contributed by atoms with Crippen molar-refractivity contribution in [3.63, 3.8) is 0 Å². The second-order valence-corrected chi connectivity index (χ2v) is 12.1. The van der Waals surface area contributed by atoms with E-state index in [4.69, 9.17) is 0 Å². The summed E-state index contributed by atoms with van der Waals surface area (Å²) in [5, 5.41) is 22.1. The fraction of sp³-hybridized carbons (Fsp3) is 0.278. The molecular weight excluding hydrogens is 633 g/mol. The molecule has 0 aliphatic carbocycles. The van der Waals surface area contributed by atoms with E-state index in [9.17, 15) is 0 Å². The topological polar surface area (TPSA) is 122 Å². The molecule has 2 heterocycles. The van der Waals surface area contributed by atoms with Crippen molar-refractivity contribution in [1.29, 1.82) is 0 Å². The van der Waals surface area contributed by atoms with Crippen LogP contribution in [-0.2, 0) is 0 Å². The van der Waals surface area contributed by atoms with E-state index in [2.05, 4.69) is 108 Å². The van der Waals surface area contributed by atoms with Gasteiger partial charge >= 0.3 is 0 Å². The fourth-order valence-corrected chi connectivity index (χ4v) is 5.70. The lowest BCUT2D eigenvalue weighted by molar-refractivity contribution is 0.866. The molecule has 12 nitrogen and oxygen atoms in total. The van der Waals surface area contributed by atoms with Crippen LogP contribution in [-0.4, -0.2) is 61.1 Å². The molecule has 2 aromatic heterocycles. The summed E-state index contributed by atoms with van der Waals surface area (Å²) in [5.74, 6) is 1.34. The lowest BCUT2D eigenvalue weighted by Crippen LogP contribution is -2.21. The number of aromatic nitrogens is 3. The highest BCUT2D eigenvalue weighted by Gasteiger charge is 2.11. The van der Waals surface area contributed by atoms with Gasteiger partial charge in [0.05, 0.1) is 10.6 Å². The second-order valence-electron chi connectivity index (χ2n) is 11.1. The number of thiophene rings is 1.